The molecule has 0 radical (unpaired) electrons. The summed E-state index contributed by atoms with van der Waals surface area (Å²) in [6.07, 6.45) is 0. The van der Waals surface area contributed by atoms with Gasteiger partial charge in [-0.25, -0.2) is 15.0 Å². The summed E-state index contributed by atoms with van der Waals surface area (Å²) in [7, 11) is 0. The van der Waals surface area contributed by atoms with Gasteiger partial charge >= 0.3 is 0 Å². The van der Waals surface area contributed by atoms with Crippen molar-refractivity contribution in [2.75, 3.05) is 0 Å². The molecule has 12 rings (SSSR count). The summed E-state index contributed by atoms with van der Waals surface area (Å²) in [4.78, 5) is 15.9. The highest BCUT2D eigenvalue weighted by atomic mass is 32.1. The van der Waals surface area contributed by atoms with Gasteiger partial charge < -0.3 is 0 Å². The van der Waals surface area contributed by atoms with Crippen molar-refractivity contribution < 1.29 is 0 Å². The van der Waals surface area contributed by atoms with Gasteiger partial charge in [0.25, 0.3) is 0 Å². The molecular formula is C55H33N3S. The van der Waals surface area contributed by atoms with Crippen LogP contribution >= 0.6 is 11.3 Å². The monoisotopic (exact) mass is 767 g/mol. The Morgan fingerprint density at radius 1 is 0.322 bits per heavy atom. The normalized spacial score (nSPS) is 11.7. The maximum Gasteiger partial charge on any atom is 0.160 e. The molecule has 9 aromatic carbocycles. The van der Waals surface area contributed by atoms with Crippen LogP contribution in [0.2, 0.25) is 0 Å². The molecule has 274 valence electrons. The number of benzene rings is 9. The Balaban J connectivity index is 1.07. The van der Waals surface area contributed by atoms with Gasteiger partial charge in [0.05, 0.1) is 27.3 Å². The van der Waals surface area contributed by atoms with Gasteiger partial charge in [-0.3, -0.25) is 0 Å². The molecule has 4 heteroatoms. The van der Waals surface area contributed by atoms with Crippen molar-refractivity contribution in [3.8, 4) is 56.3 Å². The zero-order chi connectivity index (χ0) is 38.9. The molecule has 0 fully saturated rings. The Morgan fingerprint density at radius 3 is 1.54 bits per heavy atom. The van der Waals surface area contributed by atoms with E-state index in [2.05, 4.69) is 188 Å². The Bertz CT molecular complexity index is 3520. The molecule has 0 amide bonds. The molecule has 59 heavy (non-hydrogen) atoms. The Kier molecular flexibility index (Phi) is 7.72. The van der Waals surface area contributed by atoms with E-state index in [0.29, 0.717) is 5.82 Å². The SMILES string of the molecule is c1ccc(-c2cc(-c3ccccc3)nc(-c3cccc(-c4cccc5nc(-c6ccc7c8ccccc8c8ccccc8c7c6)c6sc7ccccc7c6c45)c3)n2)cc1. The number of fused-ring (bicyclic) bond motifs is 11. The van der Waals surface area contributed by atoms with Gasteiger partial charge in [0.15, 0.2) is 5.82 Å². The van der Waals surface area contributed by atoms with Gasteiger partial charge in [0, 0.05) is 43.1 Å². The molecule has 3 heterocycles. The minimum absolute atomic E-state index is 0.690. The van der Waals surface area contributed by atoms with E-state index in [1.165, 1.54) is 52.5 Å². The molecular weight excluding hydrogens is 735 g/mol. The van der Waals surface area contributed by atoms with Crippen molar-refractivity contribution in [3.05, 3.63) is 200 Å². The van der Waals surface area contributed by atoms with Gasteiger partial charge in [-0.05, 0) is 73.8 Å². The number of aromatic nitrogens is 3. The van der Waals surface area contributed by atoms with Crippen molar-refractivity contribution in [3.63, 3.8) is 0 Å². The fraction of sp³-hybridized carbons (Fsp3) is 0. The average molecular weight is 768 g/mol. The minimum Gasteiger partial charge on any atom is -0.246 e. The van der Waals surface area contributed by atoms with Crippen LogP contribution < -0.4 is 0 Å². The van der Waals surface area contributed by atoms with Crippen molar-refractivity contribution in [1.29, 1.82) is 0 Å². The maximum atomic E-state index is 5.56. The second kappa shape index (κ2) is 13.6. The molecule has 0 spiro atoms. The van der Waals surface area contributed by atoms with Gasteiger partial charge in [0.2, 0.25) is 0 Å². The topological polar surface area (TPSA) is 38.7 Å². The zero-order valence-corrected chi connectivity index (χ0v) is 32.6. The zero-order valence-electron chi connectivity index (χ0n) is 31.8. The second-order valence-corrected chi connectivity index (χ2v) is 16.1. The van der Waals surface area contributed by atoms with E-state index in [1.807, 2.05) is 23.5 Å². The maximum absolute atomic E-state index is 5.56. The molecule has 12 aromatic rings. The van der Waals surface area contributed by atoms with E-state index in [-0.39, 0.29) is 0 Å². The molecule has 0 bridgehead atoms. The van der Waals surface area contributed by atoms with Crippen LogP contribution in [-0.2, 0) is 0 Å². The summed E-state index contributed by atoms with van der Waals surface area (Å²) in [5.74, 6) is 0.690. The van der Waals surface area contributed by atoms with Crippen LogP contribution in [0.5, 0.6) is 0 Å². The summed E-state index contributed by atoms with van der Waals surface area (Å²) < 4.78 is 2.44. The molecule has 0 saturated heterocycles. The Hall–Kier alpha value is -7.53. The highest BCUT2D eigenvalue weighted by molar-refractivity contribution is 7.26. The Morgan fingerprint density at radius 2 is 0.864 bits per heavy atom. The molecule has 0 atom stereocenters. The fourth-order valence-corrected chi connectivity index (χ4v) is 10.2. The lowest BCUT2D eigenvalue weighted by atomic mass is 9.92. The summed E-state index contributed by atoms with van der Waals surface area (Å²) in [5, 5.41) is 11.2. The average Bonchev–Trinajstić information content (AvgIpc) is 3.71. The van der Waals surface area contributed by atoms with Crippen molar-refractivity contribution in [1.82, 2.24) is 15.0 Å². The first-order chi connectivity index (χ1) is 29.2. The van der Waals surface area contributed by atoms with E-state index in [1.54, 1.807) is 0 Å². The summed E-state index contributed by atoms with van der Waals surface area (Å²) >= 11 is 1.83. The third kappa shape index (κ3) is 5.53. The summed E-state index contributed by atoms with van der Waals surface area (Å²) in [6.45, 7) is 0. The predicted octanol–water partition coefficient (Wildman–Crippen LogP) is 15.2. The highest BCUT2D eigenvalue weighted by Crippen LogP contribution is 2.47. The highest BCUT2D eigenvalue weighted by Gasteiger charge is 2.20. The molecule has 0 saturated carbocycles. The number of hydrogen-bond donors (Lipinski definition) is 0. The first-order valence-electron chi connectivity index (χ1n) is 19.9. The van der Waals surface area contributed by atoms with Crippen LogP contribution in [0.15, 0.2) is 200 Å². The molecule has 0 N–H and O–H groups in total. The second-order valence-electron chi connectivity index (χ2n) is 15.1. The molecule has 0 unspecified atom stereocenters. The van der Waals surface area contributed by atoms with Crippen molar-refractivity contribution in [2.45, 2.75) is 0 Å². The first kappa shape index (κ1) is 33.6. The Labute approximate surface area is 344 Å². The third-order valence-corrected chi connectivity index (χ3v) is 12.8. The molecule has 0 aliphatic heterocycles. The van der Waals surface area contributed by atoms with Crippen molar-refractivity contribution in [2.24, 2.45) is 0 Å². The number of nitrogens with zero attached hydrogens (tertiary/aromatic N) is 3. The smallest absolute Gasteiger partial charge is 0.160 e. The standard InChI is InChI=1S/C55H33N3S/c1-3-15-34(16-4-1)48-33-49(35-17-5-2-6-18-35)58-55(57-48)38-20-13-19-36(31-38)39-26-14-27-47-51(39)52-45-25-11-12-28-50(45)59-54(52)53(56-47)37-29-30-44-42-23-8-7-21-40(42)41-22-9-10-24-43(41)46(44)32-37/h1-33H. The van der Waals surface area contributed by atoms with E-state index in [9.17, 15) is 0 Å². The van der Waals surface area contributed by atoms with E-state index in [0.717, 1.165) is 61.4 Å². The van der Waals surface area contributed by atoms with Gasteiger partial charge in [-0.2, -0.15) is 0 Å². The lowest BCUT2D eigenvalue weighted by Gasteiger charge is -2.14. The lowest BCUT2D eigenvalue weighted by molar-refractivity contribution is 1.18. The van der Waals surface area contributed by atoms with Crippen LogP contribution in [-0.4, -0.2) is 15.0 Å². The molecule has 0 aliphatic rings. The number of thiophene rings is 1. The van der Waals surface area contributed by atoms with Crippen LogP contribution in [0.4, 0.5) is 0 Å². The first-order valence-corrected chi connectivity index (χ1v) is 20.8. The fourth-order valence-electron chi connectivity index (χ4n) is 8.93. The van der Waals surface area contributed by atoms with Crippen LogP contribution in [0, 0.1) is 0 Å². The quantitative estimate of drug-likeness (QED) is 0.164. The van der Waals surface area contributed by atoms with Gasteiger partial charge in [-0.15, -0.1) is 11.3 Å². The van der Waals surface area contributed by atoms with Crippen LogP contribution in [0.1, 0.15) is 0 Å². The molecule has 3 aromatic heterocycles. The summed E-state index contributed by atoms with van der Waals surface area (Å²) in [5.41, 5.74) is 10.2. The third-order valence-electron chi connectivity index (χ3n) is 11.6. The number of pyridine rings is 1. The predicted molar refractivity (Wildman–Crippen MR) is 250 cm³/mol. The van der Waals surface area contributed by atoms with Gasteiger partial charge in [0.1, 0.15) is 0 Å². The van der Waals surface area contributed by atoms with Crippen LogP contribution in [0.25, 0.3) is 120 Å². The lowest BCUT2D eigenvalue weighted by Crippen LogP contribution is -1.96. The van der Waals surface area contributed by atoms with E-state index in [4.69, 9.17) is 15.0 Å². The number of hydrogen-bond acceptors (Lipinski definition) is 4. The summed E-state index contributed by atoms with van der Waals surface area (Å²) in [6, 6.07) is 71.3. The van der Waals surface area contributed by atoms with Gasteiger partial charge in [-0.1, -0.05) is 170 Å². The molecule has 0 aliphatic carbocycles. The van der Waals surface area contributed by atoms with E-state index < -0.39 is 0 Å². The van der Waals surface area contributed by atoms with Crippen molar-refractivity contribution >= 4 is 74.7 Å². The molecule has 3 nitrogen and oxygen atoms in total. The van der Waals surface area contributed by atoms with E-state index >= 15 is 0 Å². The number of rotatable bonds is 5. The minimum atomic E-state index is 0.690. The van der Waals surface area contributed by atoms with Crippen LogP contribution in [0.3, 0.4) is 0 Å². The largest absolute Gasteiger partial charge is 0.246 e.